The Labute approximate surface area is 204 Å². The summed E-state index contributed by atoms with van der Waals surface area (Å²) in [6.07, 6.45) is 2.97. The highest BCUT2D eigenvalue weighted by Gasteiger charge is 2.26. The predicted molar refractivity (Wildman–Crippen MR) is 133 cm³/mol. The van der Waals surface area contributed by atoms with Crippen LogP contribution in [0.2, 0.25) is 0 Å². The highest BCUT2D eigenvalue weighted by Crippen LogP contribution is 2.19. The molecule has 3 aromatic heterocycles. The Morgan fingerprint density at radius 3 is 2.26 bits per heavy atom. The molecule has 0 spiro atoms. The van der Waals surface area contributed by atoms with Gasteiger partial charge in [-0.1, -0.05) is 0 Å². The van der Waals surface area contributed by atoms with Crippen LogP contribution in [0.5, 0.6) is 0 Å². The van der Waals surface area contributed by atoms with Crippen molar-refractivity contribution >= 4 is 23.5 Å². The molecule has 0 atom stereocenters. The summed E-state index contributed by atoms with van der Waals surface area (Å²) in [5.74, 6) is 0.818. The van der Waals surface area contributed by atoms with E-state index in [9.17, 15) is 9.59 Å². The maximum Gasteiger partial charge on any atom is 0.410 e. The second-order valence-corrected chi connectivity index (χ2v) is 9.55. The van der Waals surface area contributed by atoms with Crippen LogP contribution in [0.15, 0.2) is 42.7 Å². The molecule has 4 heterocycles. The first-order chi connectivity index (χ1) is 16.6. The van der Waals surface area contributed by atoms with Gasteiger partial charge in [0.25, 0.3) is 5.91 Å². The van der Waals surface area contributed by atoms with Crippen LogP contribution in [0.4, 0.5) is 16.3 Å². The topological polar surface area (TPSA) is 105 Å². The molecule has 0 saturated carbocycles. The van der Waals surface area contributed by atoms with Crippen LogP contribution in [0, 0.1) is 13.8 Å². The number of aryl methyl sites for hydroxylation is 2. The van der Waals surface area contributed by atoms with Gasteiger partial charge < -0.3 is 19.9 Å². The number of nitrogens with zero attached hydrogens (tertiary/aromatic N) is 6. The van der Waals surface area contributed by atoms with Gasteiger partial charge in [-0.25, -0.2) is 19.4 Å². The molecule has 184 valence electrons. The van der Waals surface area contributed by atoms with Crippen LogP contribution in [0.1, 0.15) is 42.5 Å². The smallest absolute Gasteiger partial charge is 0.410 e. The lowest BCUT2D eigenvalue weighted by atomic mass is 10.2. The molecular weight excluding hydrogens is 446 g/mol. The van der Waals surface area contributed by atoms with Crippen molar-refractivity contribution in [1.82, 2.24) is 24.6 Å². The molecule has 0 aliphatic carbocycles. The van der Waals surface area contributed by atoms with E-state index in [1.165, 1.54) is 6.20 Å². The predicted octanol–water partition coefficient (Wildman–Crippen LogP) is 3.59. The van der Waals surface area contributed by atoms with Gasteiger partial charge >= 0.3 is 6.09 Å². The minimum atomic E-state index is -0.506. The van der Waals surface area contributed by atoms with Gasteiger partial charge in [0.1, 0.15) is 11.4 Å². The van der Waals surface area contributed by atoms with Crippen molar-refractivity contribution in [2.75, 3.05) is 36.4 Å². The van der Waals surface area contributed by atoms with Crippen molar-refractivity contribution in [3.05, 3.63) is 59.7 Å². The number of piperazine rings is 1. The average Bonchev–Trinajstić information content (AvgIpc) is 3.16. The van der Waals surface area contributed by atoms with E-state index in [2.05, 4.69) is 25.3 Å². The van der Waals surface area contributed by atoms with E-state index in [0.29, 0.717) is 43.4 Å². The molecule has 1 aliphatic heterocycles. The van der Waals surface area contributed by atoms with Gasteiger partial charge in [-0.15, -0.1) is 0 Å². The zero-order chi connectivity index (χ0) is 25.2. The summed E-state index contributed by atoms with van der Waals surface area (Å²) in [7, 11) is 0. The fourth-order valence-electron chi connectivity index (χ4n) is 3.82. The molecule has 1 N–H and O–H groups in total. The van der Waals surface area contributed by atoms with E-state index >= 15 is 0 Å². The molecule has 1 saturated heterocycles. The van der Waals surface area contributed by atoms with Crippen molar-refractivity contribution in [3.63, 3.8) is 0 Å². The first-order valence-electron chi connectivity index (χ1n) is 11.6. The van der Waals surface area contributed by atoms with Crippen molar-refractivity contribution in [3.8, 4) is 5.82 Å². The van der Waals surface area contributed by atoms with Crippen LogP contribution >= 0.6 is 0 Å². The fraction of sp³-hybridized carbons (Fsp3) is 0.400. The maximum atomic E-state index is 12.6. The van der Waals surface area contributed by atoms with Crippen LogP contribution < -0.4 is 10.2 Å². The summed E-state index contributed by atoms with van der Waals surface area (Å²) in [4.78, 5) is 37.5. The number of rotatable bonds is 4. The zero-order valence-electron chi connectivity index (χ0n) is 20.8. The standard InChI is InChI=1S/C25H31N7O3/c1-17-14-18(2)32(29-17)22-9-6-19(15-27-22)23(33)28-21-8-7-20(16-26-21)30-10-12-31(13-11-30)24(34)35-25(3,4)5/h6-9,14-16H,10-13H2,1-5H3,(H,26,28,33). The Hall–Kier alpha value is -3.95. The van der Waals surface area contributed by atoms with Crippen LogP contribution in [0.25, 0.3) is 5.82 Å². The number of anilines is 2. The number of aromatic nitrogens is 4. The van der Waals surface area contributed by atoms with Gasteiger partial charge in [-0.3, -0.25) is 4.79 Å². The van der Waals surface area contributed by atoms with Crippen LogP contribution in [0.3, 0.4) is 0 Å². The number of ether oxygens (including phenoxy) is 1. The summed E-state index contributed by atoms with van der Waals surface area (Å²) in [5, 5.41) is 7.22. The normalized spacial score (nSPS) is 14.1. The lowest BCUT2D eigenvalue weighted by molar-refractivity contribution is 0.0240. The highest BCUT2D eigenvalue weighted by atomic mass is 16.6. The Balaban J connectivity index is 1.32. The minimum absolute atomic E-state index is 0.286. The number of hydrogen-bond acceptors (Lipinski definition) is 7. The summed E-state index contributed by atoms with van der Waals surface area (Å²) < 4.78 is 7.19. The molecule has 10 heteroatoms. The third-order valence-electron chi connectivity index (χ3n) is 5.52. The first kappa shape index (κ1) is 24.2. The summed E-state index contributed by atoms with van der Waals surface area (Å²) in [6, 6.07) is 9.13. The lowest BCUT2D eigenvalue weighted by Gasteiger charge is -2.36. The highest BCUT2D eigenvalue weighted by molar-refractivity contribution is 6.03. The minimum Gasteiger partial charge on any atom is -0.444 e. The number of nitrogens with one attached hydrogen (secondary N) is 1. The second-order valence-electron chi connectivity index (χ2n) is 9.55. The van der Waals surface area contributed by atoms with Gasteiger partial charge in [0.15, 0.2) is 5.82 Å². The number of pyridine rings is 2. The molecule has 2 amide bonds. The third-order valence-corrected chi connectivity index (χ3v) is 5.52. The maximum absolute atomic E-state index is 12.6. The second kappa shape index (κ2) is 9.73. The molecule has 3 aromatic rings. The molecule has 10 nitrogen and oxygen atoms in total. The lowest BCUT2D eigenvalue weighted by Crippen LogP contribution is -2.50. The van der Waals surface area contributed by atoms with Crippen molar-refractivity contribution < 1.29 is 14.3 Å². The zero-order valence-corrected chi connectivity index (χ0v) is 20.8. The van der Waals surface area contributed by atoms with Crippen molar-refractivity contribution in [2.24, 2.45) is 0 Å². The first-order valence-corrected chi connectivity index (χ1v) is 11.6. The van der Waals surface area contributed by atoms with Gasteiger partial charge in [0.05, 0.1) is 23.1 Å². The number of carbonyl (C=O) groups excluding carboxylic acids is 2. The number of hydrogen-bond donors (Lipinski definition) is 1. The molecule has 0 unspecified atom stereocenters. The molecular formula is C25H31N7O3. The van der Waals surface area contributed by atoms with Crippen molar-refractivity contribution in [2.45, 2.75) is 40.2 Å². The van der Waals surface area contributed by atoms with Crippen LogP contribution in [-0.4, -0.2) is 68.4 Å². The fourth-order valence-corrected chi connectivity index (χ4v) is 3.82. The molecule has 0 radical (unpaired) electrons. The average molecular weight is 478 g/mol. The van der Waals surface area contributed by atoms with E-state index < -0.39 is 5.60 Å². The summed E-state index contributed by atoms with van der Waals surface area (Å²) in [6.45, 7) is 12.0. The SMILES string of the molecule is Cc1cc(C)n(-c2ccc(C(=O)Nc3ccc(N4CCN(C(=O)OC(C)(C)C)CC4)cn3)cn2)n1. The summed E-state index contributed by atoms with van der Waals surface area (Å²) >= 11 is 0. The molecule has 1 aliphatic rings. The van der Waals surface area contributed by atoms with E-state index in [4.69, 9.17) is 4.74 Å². The van der Waals surface area contributed by atoms with Crippen molar-refractivity contribution in [1.29, 1.82) is 0 Å². The van der Waals surface area contributed by atoms with E-state index in [0.717, 1.165) is 17.1 Å². The Kier molecular flexibility index (Phi) is 6.72. The molecule has 4 rings (SSSR count). The molecule has 35 heavy (non-hydrogen) atoms. The number of carbonyl (C=O) groups is 2. The Bertz CT molecular complexity index is 1190. The monoisotopic (exact) mass is 477 g/mol. The van der Waals surface area contributed by atoms with Gasteiger partial charge in [-0.2, -0.15) is 5.10 Å². The third kappa shape index (κ3) is 5.95. The van der Waals surface area contributed by atoms with Crippen LogP contribution in [-0.2, 0) is 4.74 Å². The molecule has 0 aromatic carbocycles. The molecule has 0 bridgehead atoms. The van der Waals surface area contributed by atoms with Gasteiger partial charge in [0, 0.05) is 38.1 Å². The summed E-state index contributed by atoms with van der Waals surface area (Å²) in [5.41, 5.74) is 2.74. The Morgan fingerprint density at radius 1 is 0.971 bits per heavy atom. The number of amides is 2. The van der Waals surface area contributed by atoms with E-state index in [1.54, 1.807) is 34.0 Å². The van der Waals surface area contributed by atoms with E-state index in [1.807, 2.05) is 46.8 Å². The van der Waals surface area contributed by atoms with Gasteiger partial charge in [-0.05, 0) is 65.0 Å². The quantitative estimate of drug-likeness (QED) is 0.612. The van der Waals surface area contributed by atoms with Gasteiger partial charge in [0.2, 0.25) is 0 Å². The largest absolute Gasteiger partial charge is 0.444 e. The molecule has 1 fully saturated rings. The Morgan fingerprint density at radius 2 is 1.71 bits per heavy atom. The van der Waals surface area contributed by atoms with E-state index in [-0.39, 0.29) is 12.0 Å².